The molecule has 0 saturated heterocycles. The molecule has 1 nitrogen and oxygen atoms in total. The Morgan fingerprint density at radius 3 is 1.96 bits per heavy atom. The molecule has 0 bridgehead atoms. The first-order valence-electron chi connectivity index (χ1n) is 8.23. The van der Waals surface area contributed by atoms with Gasteiger partial charge in [0, 0.05) is 11.0 Å². The number of hydrogen-bond donors (Lipinski definition) is 1. The summed E-state index contributed by atoms with van der Waals surface area (Å²) in [4.78, 5) is 0.860. The zero-order valence-corrected chi connectivity index (χ0v) is 15.0. The molecule has 0 unspecified atom stereocenters. The summed E-state index contributed by atoms with van der Waals surface area (Å²) in [6, 6.07) is 17.2. The molecular formula is C21H16F4OS. The van der Waals surface area contributed by atoms with E-state index in [1.165, 1.54) is 0 Å². The fourth-order valence-electron chi connectivity index (χ4n) is 2.57. The second-order valence-electron chi connectivity index (χ2n) is 6.06. The number of halogens is 4. The molecule has 6 heteroatoms. The van der Waals surface area contributed by atoms with Gasteiger partial charge in [-0.25, -0.2) is 8.78 Å². The van der Waals surface area contributed by atoms with Gasteiger partial charge in [0.25, 0.3) is 0 Å². The molecule has 0 aliphatic heterocycles. The SMILES string of the molecule is Fc1ccc(OC(F)(F)CCc2ccc(-c3ccc(S)cc3)cc2)cc1F. The van der Waals surface area contributed by atoms with Crippen LogP contribution in [0.2, 0.25) is 0 Å². The molecule has 0 aromatic heterocycles. The van der Waals surface area contributed by atoms with Crippen molar-refractivity contribution in [3.8, 4) is 16.9 Å². The second-order valence-corrected chi connectivity index (χ2v) is 6.58. The van der Waals surface area contributed by atoms with Gasteiger partial charge in [-0.1, -0.05) is 36.4 Å². The molecular weight excluding hydrogens is 376 g/mol. The Morgan fingerprint density at radius 2 is 1.37 bits per heavy atom. The van der Waals surface area contributed by atoms with E-state index in [9.17, 15) is 17.6 Å². The van der Waals surface area contributed by atoms with Gasteiger partial charge in [-0.3, -0.25) is 0 Å². The third-order valence-electron chi connectivity index (χ3n) is 4.02. The van der Waals surface area contributed by atoms with E-state index in [4.69, 9.17) is 0 Å². The highest BCUT2D eigenvalue weighted by molar-refractivity contribution is 7.80. The molecule has 0 saturated carbocycles. The molecule has 3 rings (SSSR count). The Hall–Kier alpha value is -2.47. The first-order chi connectivity index (χ1) is 12.8. The number of alkyl halides is 2. The van der Waals surface area contributed by atoms with Crippen molar-refractivity contribution >= 4 is 12.6 Å². The lowest BCUT2D eigenvalue weighted by Gasteiger charge is -2.18. The van der Waals surface area contributed by atoms with Crippen LogP contribution in [0.3, 0.4) is 0 Å². The van der Waals surface area contributed by atoms with Crippen molar-refractivity contribution in [2.75, 3.05) is 0 Å². The second kappa shape index (κ2) is 8.05. The summed E-state index contributed by atoms with van der Waals surface area (Å²) in [6.07, 6.45) is -4.00. The Morgan fingerprint density at radius 1 is 0.778 bits per heavy atom. The van der Waals surface area contributed by atoms with Crippen molar-refractivity contribution in [1.82, 2.24) is 0 Å². The Labute approximate surface area is 160 Å². The topological polar surface area (TPSA) is 9.23 Å². The van der Waals surface area contributed by atoms with Crippen LogP contribution in [-0.2, 0) is 6.42 Å². The van der Waals surface area contributed by atoms with Crippen LogP contribution >= 0.6 is 12.6 Å². The van der Waals surface area contributed by atoms with Crippen LogP contribution in [0.5, 0.6) is 5.75 Å². The maximum absolute atomic E-state index is 14.0. The van der Waals surface area contributed by atoms with E-state index in [0.29, 0.717) is 6.07 Å². The van der Waals surface area contributed by atoms with Gasteiger partial charge in [-0.15, -0.1) is 12.6 Å². The average Bonchev–Trinajstić information content (AvgIpc) is 2.64. The quantitative estimate of drug-likeness (QED) is 0.371. The molecule has 0 aliphatic carbocycles. The van der Waals surface area contributed by atoms with Crippen LogP contribution in [0.25, 0.3) is 11.1 Å². The van der Waals surface area contributed by atoms with Gasteiger partial charge in [-0.05, 0) is 47.4 Å². The van der Waals surface area contributed by atoms with Crippen molar-refractivity contribution in [2.45, 2.75) is 23.8 Å². The fraction of sp³-hybridized carbons (Fsp3) is 0.143. The molecule has 0 spiro atoms. The van der Waals surface area contributed by atoms with Gasteiger partial charge < -0.3 is 4.74 Å². The minimum atomic E-state index is -3.49. The van der Waals surface area contributed by atoms with Crippen molar-refractivity contribution in [1.29, 1.82) is 0 Å². The summed E-state index contributed by atoms with van der Waals surface area (Å²) in [5.74, 6) is -2.76. The Balaban J connectivity index is 1.61. The van der Waals surface area contributed by atoms with Crippen LogP contribution in [0, 0.1) is 11.6 Å². The van der Waals surface area contributed by atoms with Gasteiger partial charge in [0.1, 0.15) is 5.75 Å². The average molecular weight is 392 g/mol. The normalized spacial score (nSPS) is 11.4. The van der Waals surface area contributed by atoms with Crippen LogP contribution in [0.15, 0.2) is 71.6 Å². The van der Waals surface area contributed by atoms with Crippen molar-refractivity contribution in [2.24, 2.45) is 0 Å². The smallest absolute Gasteiger partial charge is 0.398 e. The number of hydrogen-bond acceptors (Lipinski definition) is 2. The summed E-state index contributed by atoms with van der Waals surface area (Å²) in [5.41, 5.74) is 2.70. The Kier molecular flexibility index (Phi) is 5.75. The maximum Gasteiger partial charge on any atom is 0.398 e. The molecule has 0 fully saturated rings. The predicted molar refractivity (Wildman–Crippen MR) is 99.4 cm³/mol. The van der Waals surface area contributed by atoms with Crippen LogP contribution in [-0.4, -0.2) is 6.11 Å². The third-order valence-corrected chi connectivity index (χ3v) is 4.32. The van der Waals surface area contributed by atoms with Crippen LogP contribution in [0.4, 0.5) is 17.6 Å². The number of rotatable bonds is 6. The summed E-state index contributed by atoms with van der Waals surface area (Å²) in [7, 11) is 0. The lowest BCUT2D eigenvalue weighted by molar-refractivity contribution is -0.180. The van der Waals surface area contributed by atoms with E-state index in [1.807, 2.05) is 36.4 Å². The Bertz CT molecular complexity index is 908. The number of thiol groups is 1. The lowest BCUT2D eigenvalue weighted by atomic mass is 10.0. The highest BCUT2D eigenvalue weighted by atomic mass is 32.1. The van der Waals surface area contributed by atoms with Gasteiger partial charge in [-0.2, -0.15) is 8.78 Å². The molecule has 3 aromatic rings. The monoisotopic (exact) mass is 392 g/mol. The summed E-state index contributed by atoms with van der Waals surface area (Å²) < 4.78 is 58.4. The number of aryl methyl sites for hydroxylation is 1. The van der Waals surface area contributed by atoms with E-state index in [0.717, 1.165) is 33.7 Å². The zero-order chi connectivity index (χ0) is 19.4. The van der Waals surface area contributed by atoms with E-state index in [2.05, 4.69) is 17.4 Å². The maximum atomic E-state index is 14.0. The molecule has 0 N–H and O–H groups in total. The zero-order valence-electron chi connectivity index (χ0n) is 14.1. The standard InChI is InChI=1S/C21H16F4OS/c22-19-10-7-17(13-20(19)23)26-21(24,25)12-11-14-1-3-15(4-2-14)16-5-8-18(27)9-6-16/h1-10,13,27H,11-12H2. The summed E-state index contributed by atoms with van der Waals surface area (Å²) in [6.45, 7) is 0. The van der Waals surface area contributed by atoms with Crippen molar-refractivity contribution < 1.29 is 22.3 Å². The van der Waals surface area contributed by atoms with Crippen LogP contribution in [0.1, 0.15) is 12.0 Å². The first-order valence-corrected chi connectivity index (χ1v) is 8.67. The van der Waals surface area contributed by atoms with E-state index >= 15 is 0 Å². The minimum absolute atomic E-state index is 0.0759. The highest BCUT2D eigenvalue weighted by Crippen LogP contribution is 2.28. The van der Waals surface area contributed by atoms with Crippen molar-refractivity contribution in [3.63, 3.8) is 0 Å². The molecule has 0 aliphatic rings. The van der Waals surface area contributed by atoms with E-state index in [-0.39, 0.29) is 6.42 Å². The minimum Gasteiger partial charge on any atom is -0.432 e. The van der Waals surface area contributed by atoms with Gasteiger partial charge >= 0.3 is 6.11 Å². The van der Waals surface area contributed by atoms with E-state index in [1.54, 1.807) is 12.1 Å². The predicted octanol–water partition coefficient (Wildman–Crippen LogP) is 6.52. The molecule has 0 atom stereocenters. The summed E-state index contributed by atoms with van der Waals surface area (Å²) in [5, 5.41) is 0. The molecule has 3 aromatic carbocycles. The number of ether oxygens (including phenoxy) is 1. The molecule has 0 heterocycles. The molecule has 0 amide bonds. The van der Waals surface area contributed by atoms with Gasteiger partial charge in [0.05, 0.1) is 6.42 Å². The molecule has 27 heavy (non-hydrogen) atoms. The van der Waals surface area contributed by atoms with Gasteiger partial charge in [0.15, 0.2) is 11.6 Å². The van der Waals surface area contributed by atoms with Crippen molar-refractivity contribution in [3.05, 3.63) is 83.9 Å². The van der Waals surface area contributed by atoms with Gasteiger partial charge in [0.2, 0.25) is 0 Å². The lowest BCUT2D eigenvalue weighted by Crippen LogP contribution is -2.25. The summed E-state index contributed by atoms with van der Waals surface area (Å²) >= 11 is 4.24. The van der Waals surface area contributed by atoms with Crippen LogP contribution < -0.4 is 4.74 Å². The van der Waals surface area contributed by atoms with E-state index < -0.39 is 29.9 Å². The number of benzene rings is 3. The molecule has 0 radical (unpaired) electrons. The first kappa shape index (κ1) is 19.3. The fourth-order valence-corrected chi connectivity index (χ4v) is 2.72. The highest BCUT2D eigenvalue weighted by Gasteiger charge is 2.31. The largest absolute Gasteiger partial charge is 0.432 e. The third kappa shape index (κ3) is 5.26. The molecule has 140 valence electrons.